The van der Waals surface area contributed by atoms with E-state index in [1.807, 2.05) is 0 Å². The van der Waals surface area contributed by atoms with Gasteiger partial charge in [-0.1, -0.05) is 11.6 Å². The minimum Gasteiger partial charge on any atom is -0.465 e. The smallest absolute Gasteiger partial charge is 0.340 e. The Morgan fingerprint density at radius 3 is 2.59 bits per heavy atom. The van der Waals surface area contributed by atoms with Gasteiger partial charge < -0.3 is 9.64 Å². The molecule has 0 heterocycles. The lowest BCUT2D eigenvalue weighted by molar-refractivity contribution is -0.133. The maximum absolute atomic E-state index is 12.9. The molecule has 1 aromatic carbocycles. The molecule has 0 N–H and O–H groups in total. The number of methoxy groups -OCH3 is 1. The van der Waals surface area contributed by atoms with Crippen molar-refractivity contribution in [1.29, 1.82) is 0 Å². The Morgan fingerprint density at radius 2 is 2.12 bits per heavy atom. The molecule has 0 fully saturated rings. The average molecular weight is 258 g/mol. The second-order valence-corrected chi connectivity index (χ2v) is 4.03. The molecule has 0 amide bonds. The number of nitrogens with zero attached hydrogens (tertiary/aromatic N) is 1. The zero-order valence-corrected chi connectivity index (χ0v) is 10.6. The van der Waals surface area contributed by atoms with Gasteiger partial charge in [-0.25, -0.2) is 9.18 Å². The van der Waals surface area contributed by atoms with E-state index >= 15 is 0 Å². The number of rotatable bonds is 3. The maximum Gasteiger partial charge on any atom is 0.340 e. The van der Waals surface area contributed by atoms with E-state index in [2.05, 4.69) is 4.74 Å². The molecule has 0 spiro atoms. The third-order valence-corrected chi connectivity index (χ3v) is 2.33. The highest BCUT2D eigenvalue weighted by atomic mass is 35.5. The molecule has 0 unspecified atom stereocenters. The van der Waals surface area contributed by atoms with Crippen LogP contribution in [0, 0.1) is 5.82 Å². The van der Waals surface area contributed by atoms with Gasteiger partial charge in [0.05, 0.1) is 17.7 Å². The van der Waals surface area contributed by atoms with E-state index in [-0.39, 0.29) is 10.6 Å². The molecule has 1 aromatic rings. The van der Waals surface area contributed by atoms with E-state index in [1.165, 1.54) is 19.2 Å². The molecule has 5 heteroatoms. The molecule has 0 aromatic heterocycles. The average Bonchev–Trinajstić information content (AvgIpc) is 2.25. The molecule has 0 bridgehead atoms. The van der Waals surface area contributed by atoms with Crippen LogP contribution < -0.4 is 0 Å². The Labute approximate surface area is 104 Å². The van der Waals surface area contributed by atoms with Crippen LogP contribution in [-0.2, 0) is 9.53 Å². The topological polar surface area (TPSA) is 29.5 Å². The Bertz CT molecular complexity index is 458. The lowest BCUT2D eigenvalue weighted by Gasteiger charge is -2.11. The van der Waals surface area contributed by atoms with Crippen molar-refractivity contribution in [2.75, 3.05) is 21.2 Å². The van der Waals surface area contributed by atoms with Gasteiger partial charge in [-0.3, -0.25) is 0 Å². The lowest BCUT2D eigenvalue weighted by Crippen LogP contribution is -2.10. The number of carbonyl (C=O) groups excluding carboxylic acids is 1. The minimum atomic E-state index is -0.521. The highest BCUT2D eigenvalue weighted by Crippen LogP contribution is 2.25. The SMILES string of the molecule is COC(=O)/C(=C\N(C)C)c1ccc(F)cc1Cl. The third kappa shape index (κ3) is 3.46. The van der Waals surface area contributed by atoms with E-state index in [9.17, 15) is 9.18 Å². The zero-order valence-electron chi connectivity index (χ0n) is 9.83. The Hall–Kier alpha value is -1.55. The fourth-order valence-corrected chi connectivity index (χ4v) is 1.58. The van der Waals surface area contributed by atoms with Gasteiger partial charge in [0, 0.05) is 25.9 Å². The summed E-state index contributed by atoms with van der Waals surface area (Å²) in [6.07, 6.45) is 1.57. The normalized spacial score (nSPS) is 11.2. The first-order chi connectivity index (χ1) is 7.95. The van der Waals surface area contributed by atoms with Crippen LogP contribution in [0.15, 0.2) is 24.4 Å². The molecule has 0 saturated heterocycles. The Morgan fingerprint density at radius 1 is 1.47 bits per heavy atom. The Balaban J connectivity index is 3.27. The van der Waals surface area contributed by atoms with Crippen molar-refractivity contribution in [3.63, 3.8) is 0 Å². The molecule has 0 aliphatic heterocycles. The summed E-state index contributed by atoms with van der Waals surface area (Å²) < 4.78 is 17.6. The van der Waals surface area contributed by atoms with Crippen molar-refractivity contribution in [2.24, 2.45) is 0 Å². The van der Waals surface area contributed by atoms with E-state index in [0.717, 1.165) is 6.07 Å². The summed E-state index contributed by atoms with van der Waals surface area (Å²) in [7, 11) is 4.81. The van der Waals surface area contributed by atoms with Crippen LogP contribution in [-0.4, -0.2) is 32.1 Å². The minimum absolute atomic E-state index is 0.170. The van der Waals surface area contributed by atoms with Gasteiger partial charge in [0.15, 0.2) is 0 Å². The summed E-state index contributed by atoms with van der Waals surface area (Å²) in [5.74, 6) is -0.972. The lowest BCUT2D eigenvalue weighted by atomic mass is 10.1. The summed E-state index contributed by atoms with van der Waals surface area (Å²) in [6.45, 7) is 0. The largest absolute Gasteiger partial charge is 0.465 e. The first-order valence-electron chi connectivity index (χ1n) is 4.87. The molecule has 17 heavy (non-hydrogen) atoms. The number of benzene rings is 1. The van der Waals surface area contributed by atoms with Crippen LogP contribution in [0.4, 0.5) is 4.39 Å². The molecule has 92 valence electrons. The van der Waals surface area contributed by atoms with Crippen LogP contribution in [0.2, 0.25) is 5.02 Å². The molecule has 0 radical (unpaired) electrons. The molecule has 0 aliphatic rings. The summed E-state index contributed by atoms with van der Waals surface area (Å²) >= 11 is 5.90. The zero-order chi connectivity index (χ0) is 13.0. The van der Waals surface area contributed by atoms with Crippen LogP contribution >= 0.6 is 11.6 Å². The van der Waals surface area contributed by atoms with E-state index in [4.69, 9.17) is 11.6 Å². The van der Waals surface area contributed by atoms with Crippen LogP contribution in [0.1, 0.15) is 5.56 Å². The van der Waals surface area contributed by atoms with Crippen LogP contribution in [0.25, 0.3) is 5.57 Å². The molecule has 1 rings (SSSR count). The quantitative estimate of drug-likeness (QED) is 0.616. The maximum atomic E-state index is 12.9. The van der Waals surface area contributed by atoms with Gasteiger partial charge >= 0.3 is 5.97 Å². The second-order valence-electron chi connectivity index (χ2n) is 3.62. The predicted molar refractivity (Wildman–Crippen MR) is 65.1 cm³/mol. The number of ether oxygens (including phenoxy) is 1. The first kappa shape index (κ1) is 13.5. The highest BCUT2D eigenvalue weighted by molar-refractivity contribution is 6.34. The molecule has 3 nitrogen and oxygen atoms in total. The van der Waals surface area contributed by atoms with Gasteiger partial charge in [-0.05, 0) is 18.2 Å². The van der Waals surface area contributed by atoms with Crippen LogP contribution in [0.3, 0.4) is 0 Å². The van der Waals surface area contributed by atoms with Crippen molar-refractivity contribution in [3.05, 3.63) is 40.8 Å². The first-order valence-corrected chi connectivity index (χ1v) is 5.25. The van der Waals surface area contributed by atoms with Crippen molar-refractivity contribution >= 4 is 23.1 Å². The van der Waals surface area contributed by atoms with Gasteiger partial charge in [0.25, 0.3) is 0 Å². The van der Waals surface area contributed by atoms with Crippen molar-refractivity contribution < 1.29 is 13.9 Å². The van der Waals surface area contributed by atoms with Gasteiger partial charge in [0.2, 0.25) is 0 Å². The number of halogens is 2. The summed E-state index contributed by atoms with van der Waals surface area (Å²) in [4.78, 5) is 13.3. The van der Waals surface area contributed by atoms with Crippen molar-refractivity contribution in [2.45, 2.75) is 0 Å². The van der Waals surface area contributed by atoms with E-state index in [1.54, 1.807) is 25.2 Å². The Kier molecular flexibility index (Phi) is 4.52. The summed E-state index contributed by atoms with van der Waals surface area (Å²) in [5.41, 5.74) is 0.719. The summed E-state index contributed by atoms with van der Waals surface area (Å²) in [5, 5.41) is 0.170. The summed E-state index contributed by atoms with van der Waals surface area (Å²) in [6, 6.07) is 3.85. The van der Waals surface area contributed by atoms with Gasteiger partial charge in [-0.15, -0.1) is 0 Å². The number of hydrogen-bond acceptors (Lipinski definition) is 3. The number of carbonyl (C=O) groups is 1. The highest BCUT2D eigenvalue weighted by Gasteiger charge is 2.16. The fraction of sp³-hybridized carbons (Fsp3) is 0.250. The third-order valence-electron chi connectivity index (χ3n) is 2.01. The monoisotopic (exact) mass is 257 g/mol. The molecule has 0 atom stereocenters. The predicted octanol–water partition coefficient (Wildman–Crippen LogP) is 2.55. The second kappa shape index (κ2) is 5.68. The van der Waals surface area contributed by atoms with Gasteiger partial charge in [-0.2, -0.15) is 0 Å². The van der Waals surface area contributed by atoms with E-state index < -0.39 is 11.8 Å². The molecular formula is C12H13ClFNO2. The van der Waals surface area contributed by atoms with Gasteiger partial charge in [0.1, 0.15) is 5.82 Å². The molecule has 0 aliphatic carbocycles. The number of esters is 1. The van der Waals surface area contributed by atoms with Crippen LogP contribution in [0.5, 0.6) is 0 Å². The molecular weight excluding hydrogens is 245 g/mol. The standard InChI is InChI=1S/C12H13ClFNO2/c1-15(2)7-10(12(16)17-3)9-5-4-8(14)6-11(9)13/h4-7H,1-3H3/b10-7-. The van der Waals surface area contributed by atoms with Crippen molar-refractivity contribution in [3.8, 4) is 0 Å². The fourth-order valence-electron chi connectivity index (χ4n) is 1.31. The van der Waals surface area contributed by atoms with E-state index in [0.29, 0.717) is 5.56 Å². The molecule has 0 saturated carbocycles. The van der Waals surface area contributed by atoms with Crippen molar-refractivity contribution in [1.82, 2.24) is 4.90 Å². The number of hydrogen-bond donors (Lipinski definition) is 0.